The normalized spacial score (nSPS) is 14.2. The molecule has 3 rings (SSSR count). The van der Waals surface area contributed by atoms with Crippen LogP contribution in [0.5, 0.6) is 5.75 Å². The van der Waals surface area contributed by atoms with Gasteiger partial charge in [0.15, 0.2) is 0 Å². The fourth-order valence-electron chi connectivity index (χ4n) is 2.76. The highest BCUT2D eigenvalue weighted by molar-refractivity contribution is 14.1. The molecule has 0 unspecified atom stereocenters. The second-order valence-electron chi connectivity index (χ2n) is 5.10. The maximum atomic E-state index is 12.0. The molecule has 1 aromatic carbocycles. The Balaban J connectivity index is 2.01. The van der Waals surface area contributed by atoms with Crippen LogP contribution < -0.4 is 10.4 Å². The van der Waals surface area contributed by atoms with Gasteiger partial charge in [0.05, 0.1) is 6.61 Å². The lowest BCUT2D eigenvalue weighted by atomic mass is 9.91. The number of aryl methyl sites for hydroxylation is 1. The van der Waals surface area contributed by atoms with Gasteiger partial charge in [-0.3, -0.25) is 0 Å². The van der Waals surface area contributed by atoms with Gasteiger partial charge in [0.2, 0.25) is 0 Å². The summed E-state index contributed by atoms with van der Waals surface area (Å²) >= 11 is 2.33. The first-order valence-corrected chi connectivity index (χ1v) is 8.59. The monoisotopic (exact) mass is 384 g/mol. The lowest BCUT2D eigenvalue weighted by Gasteiger charge is -2.16. The molecule has 1 aliphatic rings. The van der Waals surface area contributed by atoms with Crippen LogP contribution in [0.25, 0.3) is 11.0 Å². The van der Waals surface area contributed by atoms with Crippen molar-refractivity contribution in [3.05, 3.63) is 39.7 Å². The molecule has 0 bridgehead atoms. The zero-order chi connectivity index (χ0) is 13.9. The lowest BCUT2D eigenvalue weighted by Crippen LogP contribution is -2.15. The molecule has 20 heavy (non-hydrogen) atoms. The maximum absolute atomic E-state index is 12.0. The van der Waals surface area contributed by atoms with Crippen LogP contribution in [0.1, 0.15) is 30.4 Å². The summed E-state index contributed by atoms with van der Waals surface area (Å²) in [6.07, 6.45) is 5.08. The van der Waals surface area contributed by atoms with Gasteiger partial charge in [0.1, 0.15) is 11.3 Å². The van der Waals surface area contributed by atoms with E-state index in [1.54, 1.807) is 0 Å². The minimum absolute atomic E-state index is 0.170. The number of halogens is 1. The second kappa shape index (κ2) is 6.16. The van der Waals surface area contributed by atoms with Gasteiger partial charge < -0.3 is 9.15 Å². The molecule has 0 N–H and O–H groups in total. The highest BCUT2D eigenvalue weighted by Gasteiger charge is 2.18. The summed E-state index contributed by atoms with van der Waals surface area (Å²) in [7, 11) is 0. The average molecular weight is 384 g/mol. The number of rotatable bonds is 4. The number of hydrogen-bond acceptors (Lipinski definition) is 3. The van der Waals surface area contributed by atoms with Crippen LogP contribution in [0.3, 0.4) is 0 Å². The third-order valence-electron chi connectivity index (χ3n) is 3.74. The zero-order valence-electron chi connectivity index (χ0n) is 11.3. The minimum atomic E-state index is -0.170. The molecular weight excluding hydrogens is 367 g/mol. The molecule has 0 saturated carbocycles. The van der Waals surface area contributed by atoms with Crippen molar-refractivity contribution in [2.75, 3.05) is 11.0 Å². The third-order valence-corrected chi connectivity index (χ3v) is 4.50. The molecule has 1 aliphatic carbocycles. The van der Waals surface area contributed by atoms with E-state index in [-0.39, 0.29) is 5.63 Å². The van der Waals surface area contributed by atoms with Crippen molar-refractivity contribution in [1.29, 1.82) is 0 Å². The number of hydrogen-bond donors (Lipinski definition) is 0. The van der Waals surface area contributed by atoms with Crippen molar-refractivity contribution in [3.8, 4) is 5.75 Å². The van der Waals surface area contributed by atoms with Crippen LogP contribution in [-0.2, 0) is 12.8 Å². The predicted molar refractivity (Wildman–Crippen MR) is 88.1 cm³/mol. The summed E-state index contributed by atoms with van der Waals surface area (Å²) in [6, 6.07) is 5.85. The summed E-state index contributed by atoms with van der Waals surface area (Å²) in [4.78, 5) is 12.0. The third kappa shape index (κ3) is 2.71. The number of alkyl halides is 1. The van der Waals surface area contributed by atoms with E-state index in [2.05, 4.69) is 22.6 Å². The molecule has 106 valence electrons. The molecule has 0 fully saturated rings. The van der Waals surface area contributed by atoms with Crippen LogP contribution in [0.4, 0.5) is 0 Å². The van der Waals surface area contributed by atoms with Gasteiger partial charge in [-0.25, -0.2) is 4.79 Å². The molecule has 1 heterocycles. The molecule has 0 saturated heterocycles. The number of benzene rings is 1. The van der Waals surface area contributed by atoms with Crippen molar-refractivity contribution >= 4 is 33.6 Å². The van der Waals surface area contributed by atoms with E-state index in [4.69, 9.17) is 9.15 Å². The molecule has 0 amide bonds. The van der Waals surface area contributed by atoms with Gasteiger partial charge in [-0.15, -0.1) is 0 Å². The molecule has 0 atom stereocenters. The van der Waals surface area contributed by atoms with E-state index in [1.165, 1.54) is 5.56 Å². The van der Waals surface area contributed by atoms with Crippen molar-refractivity contribution in [3.63, 3.8) is 0 Å². The van der Waals surface area contributed by atoms with Crippen molar-refractivity contribution < 1.29 is 9.15 Å². The maximum Gasteiger partial charge on any atom is 0.339 e. The first-order valence-electron chi connectivity index (χ1n) is 7.07. The molecule has 3 nitrogen and oxygen atoms in total. The van der Waals surface area contributed by atoms with Gasteiger partial charge in [-0.05, 0) is 49.8 Å². The van der Waals surface area contributed by atoms with Crippen LogP contribution in [0, 0.1) is 0 Å². The molecule has 0 radical (unpaired) electrons. The van der Waals surface area contributed by atoms with Gasteiger partial charge in [-0.1, -0.05) is 22.6 Å². The minimum Gasteiger partial charge on any atom is -0.493 e. The summed E-state index contributed by atoms with van der Waals surface area (Å²) in [5, 5.41) is 1.07. The number of fused-ring (bicyclic) bond motifs is 3. The second-order valence-corrected chi connectivity index (χ2v) is 6.18. The lowest BCUT2D eigenvalue weighted by molar-refractivity contribution is 0.319. The highest BCUT2D eigenvalue weighted by atomic mass is 127. The Bertz CT molecular complexity index is 675. The molecule has 0 spiro atoms. The van der Waals surface area contributed by atoms with E-state index in [9.17, 15) is 4.79 Å². The topological polar surface area (TPSA) is 39.4 Å². The SMILES string of the molecule is O=c1oc2cc(OCCCI)ccc2c2c1CCCC2. The Hall–Kier alpha value is -1.04. The predicted octanol–water partition coefficient (Wildman–Crippen LogP) is 3.88. The first-order chi connectivity index (χ1) is 9.79. The van der Waals surface area contributed by atoms with E-state index in [0.29, 0.717) is 12.2 Å². The largest absolute Gasteiger partial charge is 0.493 e. The summed E-state index contributed by atoms with van der Waals surface area (Å²) in [6.45, 7) is 0.698. The Morgan fingerprint density at radius 3 is 2.80 bits per heavy atom. The number of ether oxygens (including phenoxy) is 1. The zero-order valence-corrected chi connectivity index (χ0v) is 13.4. The van der Waals surface area contributed by atoms with E-state index < -0.39 is 0 Å². The Kier molecular flexibility index (Phi) is 4.29. The standard InChI is InChI=1S/C16H17IO3/c17-8-3-9-19-11-6-7-13-12-4-1-2-5-14(12)16(18)20-15(13)10-11/h6-7,10H,1-5,8-9H2. The molecule has 2 aromatic rings. The summed E-state index contributed by atoms with van der Waals surface area (Å²) in [5.41, 5.74) is 2.54. The first kappa shape index (κ1) is 13.9. The Morgan fingerprint density at radius 1 is 1.20 bits per heavy atom. The van der Waals surface area contributed by atoms with Crippen molar-refractivity contribution in [2.24, 2.45) is 0 Å². The fourth-order valence-corrected chi connectivity index (χ4v) is 3.07. The Morgan fingerprint density at radius 2 is 2.00 bits per heavy atom. The van der Waals surface area contributed by atoms with E-state index in [1.807, 2.05) is 18.2 Å². The molecule has 0 aliphatic heterocycles. The summed E-state index contributed by atoms with van der Waals surface area (Å²) < 4.78 is 12.2. The Labute approximate surface area is 131 Å². The van der Waals surface area contributed by atoms with Crippen LogP contribution in [-0.4, -0.2) is 11.0 Å². The van der Waals surface area contributed by atoms with Crippen molar-refractivity contribution in [2.45, 2.75) is 32.1 Å². The van der Waals surface area contributed by atoms with Crippen LogP contribution >= 0.6 is 22.6 Å². The van der Waals surface area contributed by atoms with Gasteiger partial charge in [0, 0.05) is 21.4 Å². The van der Waals surface area contributed by atoms with Gasteiger partial charge in [-0.2, -0.15) is 0 Å². The van der Waals surface area contributed by atoms with Crippen LogP contribution in [0.2, 0.25) is 0 Å². The van der Waals surface area contributed by atoms with Gasteiger partial charge in [0.25, 0.3) is 0 Å². The smallest absolute Gasteiger partial charge is 0.339 e. The van der Waals surface area contributed by atoms with Gasteiger partial charge >= 0.3 is 5.63 Å². The molecule has 1 aromatic heterocycles. The highest BCUT2D eigenvalue weighted by Crippen LogP contribution is 2.29. The van der Waals surface area contributed by atoms with Crippen molar-refractivity contribution in [1.82, 2.24) is 0 Å². The average Bonchev–Trinajstić information content (AvgIpc) is 2.48. The quantitative estimate of drug-likeness (QED) is 0.348. The fraction of sp³-hybridized carbons (Fsp3) is 0.438. The van der Waals surface area contributed by atoms with Crippen LogP contribution in [0.15, 0.2) is 27.4 Å². The van der Waals surface area contributed by atoms with E-state index >= 15 is 0 Å². The molecular formula is C16H17IO3. The molecule has 4 heteroatoms. The van der Waals surface area contributed by atoms with E-state index in [0.717, 1.165) is 53.2 Å². The summed E-state index contributed by atoms with van der Waals surface area (Å²) in [5.74, 6) is 0.779.